The van der Waals surface area contributed by atoms with E-state index >= 15 is 0 Å². The lowest BCUT2D eigenvalue weighted by Gasteiger charge is -2.27. The van der Waals surface area contributed by atoms with Gasteiger partial charge in [-0.1, -0.05) is 75.4 Å². The van der Waals surface area contributed by atoms with Crippen LogP contribution >= 0.6 is 0 Å². The molecule has 39 heavy (non-hydrogen) atoms. The number of nitrogens with zero attached hydrogens (tertiary/aromatic N) is 2. The summed E-state index contributed by atoms with van der Waals surface area (Å²) in [4.78, 5) is 30.2. The maximum absolute atomic E-state index is 13.3. The third kappa shape index (κ3) is 6.58. The second-order valence-corrected chi connectivity index (χ2v) is 11.3. The van der Waals surface area contributed by atoms with Gasteiger partial charge in [-0.2, -0.15) is 0 Å². The smallest absolute Gasteiger partial charge is 0.295 e. The van der Waals surface area contributed by atoms with E-state index < -0.39 is 17.7 Å². The second kappa shape index (κ2) is 11.9. The number of hydrogen-bond acceptors (Lipinski definition) is 5. The number of aliphatic hydroxyl groups excluding tert-OH is 1. The molecular weight excluding hydrogens is 488 g/mol. The summed E-state index contributed by atoms with van der Waals surface area (Å²) in [5.41, 5.74) is 3.56. The summed E-state index contributed by atoms with van der Waals surface area (Å²) in [5.74, 6) is -0.772. The monoisotopic (exact) mass is 526 g/mol. The first-order chi connectivity index (χ1) is 18.6. The van der Waals surface area contributed by atoms with Crippen molar-refractivity contribution in [3.63, 3.8) is 0 Å². The van der Waals surface area contributed by atoms with E-state index in [2.05, 4.69) is 20.8 Å². The van der Waals surface area contributed by atoms with Crippen LogP contribution in [-0.2, 0) is 21.6 Å². The van der Waals surface area contributed by atoms with Crippen molar-refractivity contribution in [2.45, 2.75) is 45.3 Å². The van der Waals surface area contributed by atoms with E-state index in [9.17, 15) is 14.7 Å². The number of carbonyl (C=O) groups is 2. The molecule has 0 saturated carbocycles. The largest absolute Gasteiger partial charge is 0.507 e. The predicted molar refractivity (Wildman–Crippen MR) is 155 cm³/mol. The summed E-state index contributed by atoms with van der Waals surface area (Å²) in [7, 11) is 3.95. The highest BCUT2D eigenvalue weighted by Gasteiger charge is 2.45. The third-order valence-electron chi connectivity index (χ3n) is 7.01. The van der Waals surface area contributed by atoms with Gasteiger partial charge >= 0.3 is 0 Å². The number of hydrogen-bond donors (Lipinski definition) is 1. The minimum absolute atomic E-state index is 0.0314. The first-order valence-corrected chi connectivity index (χ1v) is 13.4. The number of aliphatic hydroxyl groups is 1. The van der Waals surface area contributed by atoms with E-state index in [1.165, 1.54) is 0 Å². The molecule has 204 valence electrons. The van der Waals surface area contributed by atoms with Crippen molar-refractivity contribution in [3.05, 3.63) is 107 Å². The number of likely N-dealkylation sites (tertiary alicyclic amines) is 1. The Morgan fingerprint density at radius 2 is 1.56 bits per heavy atom. The van der Waals surface area contributed by atoms with E-state index in [0.29, 0.717) is 30.9 Å². The lowest BCUT2D eigenvalue weighted by molar-refractivity contribution is -0.139. The van der Waals surface area contributed by atoms with E-state index in [1.807, 2.05) is 73.6 Å². The molecule has 0 spiro atoms. The van der Waals surface area contributed by atoms with Gasteiger partial charge in [0.25, 0.3) is 11.7 Å². The van der Waals surface area contributed by atoms with Gasteiger partial charge in [0, 0.05) is 12.1 Å². The zero-order valence-electron chi connectivity index (χ0n) is 23.5. The van der Waals surface area contributed by atoms with Gasteiger partial charge in [-0.3, -0.25) is 9.59 Å². The van der Waals surface area contributed by atoms with Gasteiger partial charge < -0.3 is 19.6 Å². The first kappa shape index (κ1) is 28.1. The molecule has 4 rings (SSSR count). The molecule has 1 aliphatic heterocycles. The molecule has 3 aromatic carbocycles. The molecule has 1 saturated heterocycles. The van der Waals surface area contributed by atoms with Gasteiger partial charge in [-0.25, -0.2) is 0 Å². The van der Waals surface area contributed by atoms with Crippen molar-refractivity contribution in [2.75, 3.05) is 27.2 Å². The molecule has 1 fully saturated rings. The van der Waals surface area contributed by atoms with Crippen molar-refractivity contribution in [3.8, 4) is 5.75 Å². The fourth-order valence-corrected chi connectivity index (χ4v) is 4.79. The molecule has 1 unspecified atom stereocenters. The van der Waals surface area contributed by atoms with Crippen LogP contribution in [0, 0.1) is 0 Å². The van der Waals surface area contributed by atoms with Gasteiger partial charge in [-0.15, -0.1) is 0 Å². The van der Waals surface area contributed by atoms with Crippen LogP contribution in [0.3, 0.4) is 0 Å². The maximum atomic E-state index is 13.3. The highest BCUT2D eigenvalue weighted by atomic mass is 16.5. The quantitative estimate of drug-likeness (QED) is 0.212. The van der Waals surface area contributed by atoms with Crippen molar-refractivity contribution in [2.24, 2.45) is 0 Å². The van der Waals surface area contributed by atoms with Crippen LogP contribution in [0.1, 0.15) is 55.5 Å². The SMILES string of the molecule is CN(C)CCCN1C(=O)C(=O)/C(=C(/O)c2ccc(OCc3ccccc3)cc2)C1c1ccc(C(C)(C)C)cc1. The zero-order chi connectivity index (χ0) is 28.2. The summed E-state index contributed by atoms with van der Waals surface area (Å²) in [5, 5.41) is 11.4. The molecule has 0 radical (unpaired) electrons. The molecule has 1 heterocycles. The number of ketones is 1. The summed E-state index contributed by atoms with van der Waals surface area (Å²) < 4.78 is 5.87. The minimum atomic E-state index is -0.661. The Morgan fingerprint density at radius 1 is 0.923 bits per heavy atom. The standard InChI is InChI=1S/C33H38N2O4/c1-33(2,3)26-16-12-24(13-17-26)29-28(31(37)32(38)35(29)21-9-20-34(4)5)30(36)25-14-18-27(19-15-25)39-22-23-10-7-6-8-11-23/h6-8,10-19,29,36H,9,20-22H2,1-5H3/b30-28+. The maximum Gasteiger partial charge on any atom is 0.295 e. The molecule has 0 bridgehead atoms. The van der Waals surface area contributed by atoms with E-state index in [4.69, 9.17) is 4.74 Å². The number of amides is 1. The Hall–Kier alpha value is -3.90. The van der Waals surface area contributed by atoms with Gasteiger partial charge in [0.15, 0.2) is 0 Å². The molecule has 1 atom stereocenters. The number of carbonyl (C=O) groups excluding carboxylic acids is 2. The van der Waals surface area contributed by atoms with E-state index in [1.54, 1.807) is 29.2 Å². The summed E-state index contributed by atoms with van der Waals surface area (Å²) >= 11 is 0. The van der Waals surface area contributed by atoms with Crippen LogP contribution in [0.25, 0.3) is 5.76 Å². The molecular formula is C33H38N2O4. The predicted octanol–water partition coefficient (Wildman–Crippen LogP) is 5.94. The molecule has 1 aliphatic rings. The van der Waals surface area contributed by atoms with Crippen LogP contribution < -0.4 is 4.74 Å². The molecule has 6 nitrogen and oxygen atoms in total. The molecule has 1 amide bonds. The van der Waals surface area contributed by atoms with Gasteiger partial charge in [0.2, 0.25) is 0 Å². The number of ether oxygens (including phenoxy) is 1. The van der Waals surface area contributed by atoms with Crippen molar-refractivity contribution < 1.29 is 19.4 Å². The Kier molecular flexibility index (Phi) is 8.56. The molecule has 6 heteroatoms. The number of rotatable bonds is 9. The Morgan fingerprint density at radius 3 is 2.15 bits per heavy atom. The van der Waals surface area contributed by atoms with Gasteiger partial charge in [0.05, 0.1) is 11.6 Å². The summed E-state index contributed by atoms with van der Waals surface area (Å²) in [6.45, 7) is 8.04. The zero-order valence-corrected chi connectivity index (χ0v) is 23.5. The Bertz CT molecular complexity index is 1320. The highest BCUT2D eigenvalue weighted by Crippen LogP contribution is 2.40. The summed E-state index contributed by atoms with van der Waals surface area (Å²) in [6, 6.07) is 24.2. The molecule has 1 N–H and O–H groups in total. The minimum Gasteiger partial charge on any atom is -0.507 e. The van der Waals surface area contributed by atoms with Crippen LogP contribution in [0.5, 0.6) is 5.75 Å². The Labute approximate surface area is 231 Å². The van der Waals surface area contributed by atoms with E-state index in [0.717, 1.165) is 23.2 Å². The topological polar surface area (TPSA) is 70.1 Å². The Balaban J connectivity index is 1.66. The molecule has 0 aromatic heterocycles. The molecule has 3 aromatic rings. The van der Waals surface area contributed by atoms with Crippen LogP contribution in [0.15, 0.2) is 84.4 Å². The van der Waals surface area contributed by atoms with Crippen LogP contribution in [-0.4, -0.2) is 53.8 Å². The van der Waals surface area contributed by atoms with E-state index in [-0.39, 0.29) is 16.7 Å². The first-order valence-electron chi connectivity index (χ1n) is 13.4. The van der Waals surface area contributed by atoms with Crippen LogP contribution in [0.4, 0.5) is 0 Å². The fraction of sp³-hybridized carbons (Fsp3) is 0.333. The fourth-order valence-electron chi connectivity index (χ4n) is 4.79. The normalized spacial score (nSPS) is 17.2. The third-order valence-corrected chi connectivity index (χ3v) is 7.01. The number of Topliss-reactive ketones (excluding diaryl/α,β-unsaturated/α-hetero) is 1. The second-order valence-electron chi connectivity index (χ2n) is 11.3. The lowest BCUT2D eigenvalue weighted by Crippen LogP contribution is -2.32. The average molecular weight is 527 g/mol. The lowest BCUT2D eigenvalue weighted by atomic mass is 9.85. The van der Waals surface area contributed by atoms with Crippen molar-refractivity contribution in [1.82, 2.24) is 9.80 Å². The van der Waals surface area contributed by atoms with Crippen LogP contribution in [0.2, 0.25) is 0 Å². The van der Waals surface area contributed by atoms with Gasteiger partial charge in [-0.05, 0) is 73.4 Å². The highest BCUT2D eigenvalue weighted by molar-refractivity contribution is 6.46. The van der Waals surface area contributed by atoms with Crippen molar-refractivity contribution in [1.29, 1.82) is 0 Å². The average Bonchev–Trinajstić information content (AvgIpc) is 3.17. The van der Waals surface area contributed by atoms with Gasteiger partial charge in [0.1, 0.15) is 18.1 Å². The summed E-state index contributed by atoms with van der Waals surface area (Å²) in [6.07, 6.45) is 0.712. The molecule has 0 aliphatic carbocycles. The van der Waals surface area contributed by atoms with Crippen molar-refractivity contribution >= 4 is 17.4 Å². The number of benzene rings is 3.